The summed E-state index contributed by atoms with van der Waals surface area (Å²) in [4.78, 5) is 11.3. The van der Waals surface area contributed by atoms with Crippen LogP contribution in [-0.4, -0.2) is 48.1 Å². The van der Waals surface area contributed by atoms with Gasteiger partial charge in [-0.25, -0.2) is 0 Å². The normalized spacial score (nSPS) is 36.4. The molecule has 2 fully saturated rings. The van der Waals surface area contributed by atoms with E-state index >= 15 is 0 Å². The zero-order valence-electron chi connectivity index (χ0n) is 14.4. The monoisotopic (exact) mass is 326 g/mol. The lowest BCUT2D eigenvalue weighted by molar-refractivity contribution is -0.176. The van der Waals surface area contributed by atoms with Crippen LogP contribution in [0.4, 0.5) is 0 Å². The van der Waals surface area contributed by atoms with E-state index in [2.05, 4.69) is 13.2 Å². The highest BCUT2D eigenvalue weighted by Crippen LogP contribution is 2.40. The molecule has 0 amide bonds. The van der Waals surface area contributed by atoms with E-state index in [0.717, 1.165) is 0 Å². The van der Waals surface area contributed by atoms with Crippen LogP contribution < -0.4 is 0 Å². The van der Waals surface area contributed by atoms with Crippen molar-refractivity contribution < 1.29 is 28.5 Å². The third-order valence-electron chi connectivity index (χ3n) is 3.74. The Kier molecular flexibility index (Phi) is 5.01. The van der Waals surface area contributed by atoms with Gasteiger partial charge < -0.3 is 23.7 Å². The number of hydrogen-bond donors (Lipinski definition) is 0. The van der Waals surface area contributed by atoms with Gasteiger partial charge in [0.25, 0.3) is 0 Å². The topological polar surface area (TPSA) is 63.2 Å². The molecule has 0 aliphatic carbocycles. The molecule has 2 saturated heterocycles. The highest BCUT2D eigenvalue weighted by molar-refractivity contribution is 5.66. The Labute approximate surface area is 137 Å². The second-order valence-corrected chi connectivity index (χ2v) is 6.67. The molecule has 0 saturated carbocycles. The molecule has 23 heavy (non-hydrogen) atoms. The van der Waals surface area contributed by atoms with Crippen molar-refractivity contribution in [2.75, 3.05) is 0 Å². The van der Waals surface area contributed by atoms with Crippen LogP contribution in [0.25, 0.3) is 0 Å². The number of rotatable bonds is 5. The molecule has 2 aliphatic rings. The van der Waals surface area contributed by atoms with E-state index in [1.807, 2.05) is 13.8 Å². The molecular weight excluding hydrogens is 300 g/mol. The van der Waals surface area contributed by atoms with Crippen LogP contribution in [0.15, 0.2) is 25.3 Å². The van der Waals surface area contributed by atoms with Gasteiger partial charge in [0.2, 0.25) is 0 Å². The molecule has 2 aliphatic heterocycles. The highest BCUT2D eigenvalue weighted by Gasteiger charge is 2.55. The molecule has 0 spiro atoms. The lowest BCUT2D eigenvalue weighted by Crippen LogP contribution is -2.46. The number of ether oxygens (including phenoxy) is 5. The van der Waals surface area contributed by atoms with Gasteiger partial charge >= 0.3 is 5.97 Å². The summed E-state index contributed by atoms with van der Waals surface area (Å²) in [6.45, 7) is 16.1. The maximum Gasteiger partial charge on any atom is 0.303 e. The Morgan fingerprint density at radius 1 is 1.04 bits per heavy atom. The van der Waals surface area contributed by atoms with Crippen molar-refractivity contribution in [3.63, 3.8) is 0 Å². The van der Waals surface area contributed by atoms with Crippen molar-refractivity contribution in [2.45, 2.75) is 76.7 Å². The van der Waals surface area contributed by atoms with E-state index in [4.69, 9.17) is 23.7 Å². The standard InChI is InChI=1S/C17H26O6/c1-8-11(19-10(3)18)13-15(23-17(6,7)21-13)14-12(9-2)20-16(4,5)22-14/h8-9,11-15H,1-2H2,3-7H3/t11-,12-,13+,14-,15+/m1/s1. The first-order chi connectivity index (χ1) is 10.6. The van der Waals surface area contributed by atoms with Crippen molar-refractivity contribution in [3.8, 4) is 0 Å². The molecule has 0 aromatic heterocycles. The molecular formula is C17H26O6. The number of carbonyl (C=O) groups is 1. The highest BCUT2D eigenvalue weighted by atomic mass is 16.8. The van der Waals surface area contributed by atoms with E-state index in [1.165, 1.54) is 13.0 Å². The van der Waals surface area contributed by atoms with Gasteiger partial charge in [0, 0.05) is 6.92 Å². The van der Waals surface area contributed by atoms with Gasteiger partial charge in [-0.05, 0) is 33.8 Å². The van der Waals surface area contributed by atoms with Crippen molar-refractivity contribution >= 4 is 5.97 Å². The van der Waals surface area contributed by atoms with Crippen LogP contribution in [0.1, 0.15) is 34.6 Å². The summed E-state index contributed by atoms with van der Waals surface area (Å²) in [6, 6.07) is 0. The lowest BCUT2D eigenvalue weighted by Gasteiger charge is -2.28. The molecule has 0 N–H and O–H groups in total. The van der Waals surface area contributed by atoms with Gasteiger partial charge in [-0.2, -0.15) is 0 Å². The number of hydrogen-bond acceptors (Lipinski definition) is 6. The molecule has 6 heteroatoms. The van der Waals surface area contributed by atoms with Crippen molar-refractivity contribution in [2.24, 2.45) is 0 Å². The Morgan fingerprint density at radius 2 is 1.61 bits per heavy atom. The fourth-order valence-corrected chi connectivity index (χ4v) is 3.02. The predicted octanol–water partition coefficient (Wildman–Crippen LogP) is 2.33. The van der Waals surface area contributed by atoms with Crippen LogP contribution >= 0.6 is 0 Å². The Hall–Kier alpha value is -1.21. The quantitative estimate of drug-likeness (QED) is 0.571. The fraction of sp³-hybridized carbons (Fsp3) is 0.706. The fourth-order valence-electron chi connectivity index (χ4n) is 3.02. The molecule has 0 radical (unpaired) electrons. The van der Waals surface area contributed by atoms with Crippen LogP contribution in [0.3, 0.4) is 0 Å². The van der Waals surface area contributed by atoms with E-state index in [-0.39, 0.29) is 6.10 Å². The molecule has 0 aromatic carbocycles. The summed E-state index contributed by atoms with van der Waals surface area (Å²) >= 11 is 0. The molecule has 0 unspecified atom stereocenters. The van der Waals surface area contributed by atoms with Crippen molar-refractivity contribution in [1.29, 1.82) is 0 Å². The Balaban J connectivity index is 2.28. The molecule has 130 valence electrons. The van der Waals surface area contributed by atoms with Gasteiger partial charge in [-0.3, -0.25) is 4.79 Å². The van der Waals surface area contributed by atoms with E-state index < -0.39 is 42.0 Å². The first kappa shape index (κ1) is 18.1. The van der Waals surface area contributed by atoms with Gasteiger partial charge in [-0.15, -0.1) is 6.58 Å². The van der Waals surface area contributed by atoms with Gasteiger partial charge in [-0.1, -0.05) is 12.7 Å². The SMILES string of the molecule is C=C[C@@H](OC(C)=O)[C@@H]1OC(C)(C)O[C@@H]1[C@@H]1OC(C)(C)O[C@@H]1C=C. The summed E-state index contributed by atoms with van der Waals surface area (Å²) in [5.74, 6) is -2.00. The first-order valence-corrected chi connectivity index (χ1v) is 7.72. The summed E-state index contributed by atoms with van der Waals surface area (Å²) < 4.78 is 29.1. The molecule has 0 bridgehead atoms. The zero-order chi connectivity index (χ0) is 17.4. The molecule has 2 heterocycles. The zero-order valence-corrected chi connectivity index (χ0v) is 14.4. The van der Waals surface area contributed by atoms with Gasteiger partial charge in [0.1, 0.15) is 30.5 Å². The van der Waals surface area contributed by atoms with Crippen molar-refractivity contribution in [3.05, 3.63) is 25.3 Å². The van der Waals surface area contributed by atoms with Gasteiger partial charge in [0.15, 0.2) is 11.6 Å². The van der Waals surface area contributed by atoms with E-state index in [0.29, 0.717) is 0 Å². The molecule has 2 rings (SSSR count). The number of carbonyl (C=O) groups excluding carboxylic acids is 1. The lowest BCUT2D eigenvalue weighted by atomic mass is 9.99. The second-order valence-electron chi connectivity index (χ2n) is 6.67. The van der Waals surface area contributed by atoms with Crippen LogP contribution in [0, 0.1) is 0 Å². The maximum atomic E-state index is 11.3. The van der Waals surface area contributed by atoms with Crippen LogP contribution in [0.2, 0.25) is 0 Å². The number of esters is 1. The minimum atomic E-state index is -0.835. The third-order valence-corrected chi connectivity index (χ3v) is 3.74. The van der Waals surface area contributed by atoms with Crippen molar-refractivity contribution in [1.82, 2.24) is 0 Å². The third kappa shape index (κ3) is 4.01. The van der Waals surface area contributed by atoms with Crippen LogP contribution in [-0.2, 0) is 28.5 Å². The summed E-state index contributed by atoms with van der Waals surface area (Å²) in [7, 11) is 0. The second kappa shape index (κ2) is 6.36. The minimum absolute atomic E-state index is 0.349. The Morgan fingerprint density at radius 3 is 2.13 bits per heavy atom. The van der Waals surface area contributed by atoms with Crippen LogP contribution in [0.5, 0.6) is 0 Å². The first-order valence-electron chi connectivity index (χ1n) is 7.72. The smallest absolute Gasteiger partial charge is 0.303 e. The maximum absolute atomic E-state index is 11.3. The molecule has 0 aromatic rings. The molecule has 5 atom stereocenters. The van der Waals surface area contributed by atoms with E-state index in [1.54, 1.807) is 19.9 Å². The Bertz CT molecular complexity index is 483. The largest absolute Gasteiger partial charge is 0.455 e. The average Bonchev–Trinajstić information content (AvgIpc) is 2.91. The average molecular weight is 326 g/mol. The molecule has 6 nitrogen and oxygen atoms in total. The summed E-state index contributed by atoms with van der Waals surface area (Å²) in [6.07, 6.45) is 0.767. The minimum Gasteiger partial charge on any atom is -0.455 e. The van der Waals surface area contributed by atoms with Gasteiger partial charge in [0.05, 0.1) is 0 Å². The predicted molar refractivity (Wildman–Crippen MR) is 83.6 cm³/mol. The summed E-state index contributed by atoms with van der Waals surface area (Å²) in [5.41, 5.74) is 0. The van der Waals surface area contributed by atoms with E-state index in [9.17, 15) is 4.79 Å². The summed E-state index contributed by atoms with van der Waals surface area (Å²) in [5, 5.41) is 0.